The quantitative estimate of drug-likeness (QED) is 0.376. The number of hydrogen-bond acceptors (Lipinski definition) is 10. The number of anilines is 1. The van der Waals surface area contributed by atoms with Gasteiger partial charge < -0.3 is 21.0 Å². The molecule has 2 aromatic rings. The van der Waals surface area contributed by atoms with Gasteiger partial charge in [-0.25, -0.2) is 19.8 Å². The van der Waals surface area contributed by atoms with Crippen LogP contribution >= 0.6 is 11.3 Å². The van der Waals surface area contributed by atoms with Crippen LogP contribution in [-0.4, -0.2) is 62.7 Å². The second-order valence-electron chi connectivity index (χ2n) is 7.04. The van der Waals surface area contributed by atoms with E-state index in [0.29, 0.717) is 0 Å². The first-order valence-electron chi connectivity index (χ1n) is 9.60. The zero-order valence-corrected chi connectivity index (χ0v) is 17.8. The molecule has 2 aliphatic heterocycles. The molecule has 0 unspecified atom stereocenters. The fourth-order valence-corrected chi connectivity index (χ4v) is 3.97. The van der Waals surface area contributed by atoms with Gasteiger partial charge in [-0.05, 0) is 5.56 Å². The maximum absolute atomic E-state index is 13.0. The maximum atomic E-state index is 13.0. The Morgan fingerprint density at radius 3 is 2.79 bits per heavy atom. The molecular formula is C20H17N7O5S. The minimum atomic E-state index is -1.40. The summed E-state index contributed by atoms with van der Waals surface area (Å²) in [7, 11) is 0. The number of thiazole rings is 1. The summed E-state index contributed by atoms with van der Waals surface area (Å²) in [5.74, 6) is -2.81. The normalized spacial score (nSPS) is 18.3. The molecule has 1 saturated heterocycles. The molecule has 4 N–H and O–H groups in total. The van der Waals surface area contributed by atoms with Crippen LogP contribution in [0.4, 0.5) is 5.13 Å². The average molecular weight is 467 g/mol. The van der Waals surface area contributed by atoms with Crippen molar-refractivity contribution in [1.82, 2.24) is 20.3 Å². The van der Waals surface area contributed by atoms with Crippen molar-refractivity contribution >= 4 is 40.0 Å². The van der Waals surface area contributed by atoms with Gasteiger partial charge in [0.1, 0.15) is 18.3 Å². The second-order valence-corrected chi connectivity index (χ2v) is 7.93. The lowest BCUT2D eigenvalue weighted by atomic mass is 10.2. The fourth-order valence-electron chi connectivity index (χ4n) is 3.42. The molecule has 0 spiro atoms. The van der Waals surface area contributed by atoms with Crippen LogP contribution < -0.4 is 11.1 Å². The standard InChI is InChI=1S/C20H17N7O5S/c21-6-12-7-26-8-13(18(29)27(26)16(12)19(30)31)23-17(28)15(14-10-33-20(22)24-14)25-32-9-11-4-2-1-3-5-11/h1-5,10,13H,7-9H2,(H2,22,24)(H,23,28)(H,30,31)/b25-15+/t13-/m0/s1. The van der Waals surface area contributed by atoms with Crippen molar-refractivity contribution in [3.8, 4) is 6.07 Å². The van der Waals surface area contributed by atoms with E-state index in [4.69, 9.17) is 15.8 Å². The van der Waals surface area contributed by atoms with Crippen LogP contribution in [0.15, 0.2) is 52.1 Å². The summed E-state index contributed by atoms with van der Waals surface area (Å²) < 4.78 is 0. The van der Waals surface area contributed by atoms with E-state index < -0.39 is 29.5 Å². The number of hydrogen-bond donors (Lipinski definition) is 3. The summed E-state index contributed by atoms with van der Waals surface area (Å²) in [6, 6.07) is 9.94. The predicted octanol–water partition coefficient (Wildman–Crippen LogP) is 0.0661. The number of nitrogens with two attached hydrogens (primary N) is 1. The Bertz CT molecular complexity index is 1220. The molecule has 0 saturated carbocycles. The lowest BCUT2D eigenvalue weighted by Crippen LogP contribution is -2.46. The van der Waals surface area contributed by atoms with Crippen LogP contribution in [0.2, 0.25) is 0 Å². The molecule has 12 nitrogen and oxygen atoms in total. The Morgan fingerprint density at radius 2 is 2.15 bits per heavy atom. The number of nitrogens with one attached hydrogen (secondary N) is 1. The summed E-state index contributed by atoms with van der Waals surface area (Å²) in [5.41, 5.74) is 6.06. The molecule has 1 atom stereocenters. The van der Waals surface area contributed by atoms with Crippen molar-refractivity contribution in [3.63, 3.8) is 0 Å². The van der Waals surface area contributed by atoms with Crippen LogP contribution in [0.5, 0.6) is 0 Å². The number of oxime groups is 1. The van der Waals surface area contributed by atoms with Crippen molar-refractivity contribution in [2.75, 3.05) is 18.8 Å². The molecule has 0 aliphatic carbocycles. The number of aliphatic carboxylic acids is 1. The molecule has 3 heterocycles. The molecule has 2 amide bonds. The highest BCUT2D eigenvalue weighted by Crippen LogP contribution is 2.29. The van der Waals surface area contributed by atoms with Gasteiger partial charge in [0.15, 0.2) is 16.5 Å². The molecule has 168 valence electrons. The van der Waals surface area contributed by atoms with Gasteiger partial charge in [0.25, 0.3) is 11.8 Å². The summed E-state index contributed by atoms with van der Waals surface area (Å²) >= 11 is 1.11. The minimum Gasteiger partial charge on any atom is -0.476 e. The highest BCUT2D eigenvalue weighted by Gasteiger charge is 2.48. The topological polar surface area (TPSA) is 174 Å². The second kappa shape index (κ2) is 9.07. The van der Waals surface area contributed by atoms with Gasteiger partial charge in [-0.15, -0.1) is 11.3 Å². The van der Waals surface area contributed by atoms with Gasteiger partial charge >= 0.3 is 5.97 Å². The molecule has 0 bridgehead atoms. The SMILES string of the molecule is N#CC1=C(C(=O)O)N2C(=O)[C@@H](NC(=O)/C(=N/OCc3ccccc3)c3csc(N)n3)CN2C1. The number of carboxylic acids is 1. The van der Waals surface area contributed by atoms with E-state index in [2.05, 4.69) is 15.5 Å². The van der Waals surface area contributed by atoms with Gasteiger partial charge in [0.05, 0.1) is 18.2 Å². The van der Waals surface area contributed by atoms with Crippen LogP contribution in [-0.2, 0) is 25.8 Å². The van der Waals surface area contributed by atoms with Crippen LogP contribution in [0.1, 0.15) is 11.3 Å². The first-order valence-corrected chi connectivity index (χ1v) is 10.5. The minimum absolute atomic E-state index is 0.0100. The number of fused-ring (bicyclic) bond motifs is 1. The van der Waals surface area contributed by atoms with Crippen LogP contribution in [0, 0.1) is 11.3 Å². The lowest BCUT2D eigenvalue weighted by Gasteiger charge is -2.18. The number of nitrogen functional groups attached to an aromatic ring is 1. The van der Waals surface area contributed by atoms with E-state index in [1.54, 1.807) is 6.07 Å². The Labute approximate surface area is 191 Å². The number of aromatic nitrogens is 1. The zero-order chi connectivity index (χ0) is 23.5. The fraction of sp³-hybridized carbons (Fsp3) is 0.200. The zero-order valence-electron chi connectivity index (χ0n) is 17.0. The summed E-state index contributed by atoms with van der Waals surface area (Å²) in [6.45, 7) is 0.0503. The number of rotatable bonds is 7. The van der Waals surface area contributed by atoms with Crippen LogP contribution in [0.3, 0.4) is 0 Å². The number of carbonyl (C=O) groups is 3. The van der Waals surface area contributed by atoms with Gasteiger partial charge in [-0.2, -0.15) is 5.26 Å². The largest absolute Gasteiger partial charge is 0.476 e. The molecule has 1 fully saturated rings. The smallest absolute Gasteiger partial charge is 0.355 e. The Kier molecular flexibility index (Phi) is 6.03. The highest BCUT2D eigenvalue weighted by atomic mass is 32.1. The van der Waals surface area contributed by atoms with Gasteiger partial charge in [-0.1, -0.05) is 35.5 Å². The molecule has 33 heavy (non-hydrogen) atoms. The summed E-state index contributed by atoms with van der Waals surface area (Å²) in [6.07, 6.45) is 0. The number of nitriles is 1. The van der Waals surface area contributed by atoms with E-state index in [1.807, 2.05) is 30.3 Å². The predicted molar refractivity (Wildman–Crippen MR) is 115 cm³/mol. The van der Waals surface area contributed by atoms with Gasteiger partial charge in [0.2, 0.25) is 0 Å². The van der Waals surface area contributed by atoms with Crippen LogP contribution in [0.25, 0.3) is 0 Å². The molecule has 2 aliphatic rings. The summed E-state index contributed by atoms with van der Waals surface area (Å²) in [5, 5.41) is 29.1. The molecule has 0 radical (unpaired) electrons. The molecule has 1 aromatic carbocycles. The average Bonchev–Trinajstić information content (AvgIpc) is 3.46. The number of hydrazine groups is 1. The van der Waals surface area contributed by atoms with Crippen molar-refractivity contribution in [1.29, 1.82) is 5.26 Å². The van der Waals surface area contributed by atoms with Crippen molar-refractivity contribution in [2.45, 2.75) is 12.6 Å². The molecule has 1 aromatic heterocycles. The lowest BCUT2D eigenvalue weighted by molar-refractivity contribution is -0.143. The Balaban J connectivity index is 1.51. The van der Waals surface area contributed by atoms with Crippen molar-refractivity contribution < 1.29 is 24.3 Å². The molecule has 4 rings (SSSR count). The Morgan fingerprint density at radius 1 is 1.39 bits per heavy atom. The summed E-state index contributed by atoms with van der Waals surface area (Å²) in [4.78, 5) is 46.7. The van der Waals surface area contributed by atoms with Crippen molar-refractivity contribution in [3.05, 3.63) is 58.2 Å². The van der Waals surface area contributed by atoms with Crippen molar-refractivity contribution in [2.24, 2.45) is 5.16 Å². The molecular weight excluding hydrogens is 450 g/mol. The number of amides is 2. The van der Waals surface area contributed by atoms with E-state index in [-0.39, 0.29) is 41.8 Å². The number of carbonyl (C=O) groups excluding carboxylic acids is 2. The van der Waals surface area contributed by atoms with Gasteiger partial charge in [0, 0.05) is 11.9 Å². The van der Waals surface area contributed by atoms with E-state index in [0.717, 1.165) is 21.9 Å². The van der Waals surface area contributed by atoms with Gasteiger partial charge in [-0.3, -0.25) is 9.59 Å². The first kappa shape index (κ1) is 21.9. The third-order valence-corrected chi connectivity index (χ3v) is 5.55. The van der Waals surface area contributed by atoms with E-state index >= 15 is 0 Å². The first-order chi connectivity index (χ1) is 15.9. The number of nitrogens with zero attached hydrogens (tertiary/aromatic N) is 5. The molecule has 13 heteroatoms. The van der Waals surface area contributed by atoms with E-state index in [1.165, 1.54) is 10.4 Å². The number of benzene rings is 1. The third-order valence-electron chi connectivity index (χ3n) is 4.87. The monoisotopic (exact) mass is 467 g/mol. The van der Waals surface area contributed by atoms with E-state index in [9.17, 15) is 19.5 Å². The Hall–Kier alpha value is -4.28. The highest BCUT2D eigenvalue weighted by molar-refractivity contribution is 7.13. The maximum Gasteiger partial charge on any atom is 0.355 e. The number of carboxylic acid groups (broad SMARTS) is 1. The third kappa shape index (κ3) is 4.38.